The fourth-order valence-electron chi connectivity index (χ4n) is 3.25. The molecule has 0 aliphatic carbocycles. The third-order valence-electron chi connectivity index (χ3n) is 5.06. The highest BCUT2D eigenvalue weighted by molar-refractivity contribution is 5.99. The number of hydrogen-bond acceptors (Lipinski definition) is 7. The Kier molecular flexibility index (Phi) is 4.72. The number of nitrogens with zero attached hydrogens (tertiary/aromatic N) is 5. The van der Waals surface area contributed by atoms with Gasteiger partial charge in [0.1, 0.15) is 0 Å². The van der Waals surface area contributed by atoms with Crippen LogP contribution in [0.1, 0.15) is 17.5 Å². The van der Waals surface area contributed by atoms with E-state index in [0.717, 1.165) is 41.7 Å². The molecule has 150 valence electrons. The van der Waals surface area contributed by atoms with Crippen LogP contribution in [-0.2, 0) is 0 Å². The molecule has 0 spiro atoms. The third kappa shape index (κ3) is 3.80. The van der Waals surface area contributed by atoms with Gasteiger partial charge in [0.05, 0.1) is 6.21 Å². The third-order valence-corrected chi connectivity index (χ3v) is 5.06. The van der Waals surface area contributed by atoms with Crippen LogP contribution in [0.5, 0.6) is 0 Å². The molecule has 0 unspecified atom stereocenters. The SMILES string of the molecule is Cc1ccc(Nc2nc(N/N=C/c3c[nH]c4ccccc34)nc(N3CCC3)n2)cc1. The lowest BCUT2D eigenvalue weighted by atomic mass is 10.2. The number of aryl methyl sites for hydroxylation is 1. The predicted molar refractivity (Wildman–Crippen MR) is 121 cm³/mol. The fourth-order valence-corrected chi connectivity index (χ4v) is 3.25. The van der Waals surface area contributed by atoms with Crippen molar-refractivity contribution >= 4 is 40.6 Å². The molecular weight excluding hydrogens is 376 g/mol. The molecule has 8 heteroatoms. The van der Waals surface area contributed by atoms with Crippen LogP contribution in [-0.4, -0.2) is 39.2 Å². The van der Waals surface area contributed by atoms with Crippen LogP contribution in [0.25, 0.3) is 10.9 Å². The average molecular weight is 398 g/mol. The maximum absolute atomic E-state index is 4.57. The van der Waals surface area contributed by atoms with Gasteiger partial charge in [-0.15, -0.1) is 0 Å². The molecule has 4 aromatic rings. The summed E-state index contributed by atoms with van der Waals surface area (Å²) in [5, 5.41) is 8.71. The quantitative estimate of drug-likeness (QED) is 0.335. The Morgan fingerprint density at radius 2 is 1.80 bits per heavy atom. The van der Waals surface area contributed by atoms with Crippen molar-refractivity contribution in [2.24, 2.45) is 5.10 Å². The second kappa shape index (κ2) is 7.82. The highest BCUT2D eigenvalue weighted by atomic mass is 15.4. The van der Waals surface area contributed by atoms with E-state index < -0.39 is 0 Å². The molecule has 1 aliphatic heterocycles. The predicted octanol–water partition coefficient (Wildman–Crippen LogP) is 4.06. The van der Waals surface area contributed by atoms with Gasteiger partial charge in [-0.2, -0.15) is 20.1 Å². The first-order valence-electron chi connectivity index (χ1n) is 9.94. The van der Waals surface area contributed by atoms with E-state index in [9.17, 15) is 0 Å². The Balaban J connectivity index is 1.38. The minimum atomic E-state index is 0.401. The molecule has 0 radical (unpaired) electrons. The van der Waals surface area contributed by atoms with Gasteiger partial charge in [-0.3, -0.25) is 0 Å². The Morgan fingerprint density at radius 1 is 1.00 bits per heavy atom. The van der Waals surface area contributed by atoms with Crippen molar-refractivity contribution in [1.29, 1.82) is 0 Å². The molecule has 0 atom stereocenters. The standard InChI is InChI=1S/C22H22N8/c1-15-7-9-17(10-8-15)25-20-26-21(28-22(27-20)30-11-4-12-30)29-24-14-16-13-23-19-6-3-2-5-18(16)19/h2-3,5-10,13-14,23H,4,11-12H2,1H3,(H2,25,26,27,28,29)/b24-14+. The number of H-pyrrole nitrogens is 1. The number of hydrogen-bond donors (Lipinski definition) is 3. The van der Waals surface area contributed by atoms with Gasteiger partial charge in [0.25, 0.3) is 0 Å². The summed E-state index contributed by atoms with van der Waals surface area (Å²) in [4.78, 5) is 18.9. The summed E-state index contributed by atoms with van der Waals surface area (Å²) in [6.07, 6.45) is 4.84. The zero-order valence-corrected chi connectivity index (χ0v) is 16.6. The van der Waals surface area contributed by atoms with Crippen LogP contribution < -0.4 is 15.6 Å². The van der Waals surface area contributed by atoms with Gasteiger partial charge in [-0.25, -0.2) is 5.43 Å². The summed E-state index contributed by atoms with van der Waals surface area (Å²) in [6, 6.07) is 16.2. The van der Waals surface area contributed by atoms with Gasteiger partial charge in [0.15, 0.2) is 0 Å². The lowest BCUT2D eigenvalue weighted by Crippen LogP contribution is -2.38. The van der Waals surface area contributed by atoms with Crippen molar-refractivity contribution in [1.82, 2.24) is 19.9 Å². The Labute approximate surface area is 174 Å². The summed E-state index contributed by atoms with van der Waals surface area (Å²) in [6.45, 7) is 3.96. The largest absolute Gasteiger partial charge is 0.361 e. The molecule has 0 bridgehead atoms. The molecule has 1 fully saturated rings. The number of fused-ring (bicyclic) bond motifs is 1. The van der Waals surface area contributed by atoms with E-state index >= 15 is 0 Å². The van der Waals surface area contributed by atoms with Gasteiger partial charge in [0.2, 0.25) is 17.8 Å². The van der Waals surface area contributed by atoms with Crippen molar-refractivity contribution in [3.8, 4) is 0 Å². The van der Waals surface area contributed by atoms with E-state index in [4.69, 9.17) is 0 Å². The minimum absolute atomic E-state index is 0.401. The highest BCUT2D eigenvalue weighted by Gasteiger charge is 2.19. The van der Waals surface area contributed by atoms with E-state index in [1.54, 1.807) is 6.21 Å². The van der Waals surface area contributed by atoms with Crippen molar-refractivity contribution in [2.45, 2.75) is 13.3 Å². The van der Waals surface area contributed by atoms with Crippen molar-refractivity contribution < 1.29 is 0 Å². The van der Waals surface area contributed by atoms with Crippen molar-refractivity contribution in [3.05, 3.63) is 65.9 Å². The molecule has 0 amide bonds. The van der Waals surface area contributed by atoms with Crippen LogP contribution in [0.15, 0.2) is 59.8 Å². The van der Waals surface area contributed by atoms with Crippen molar-refractivity contribution in [3.63, 3.8) is 0 Å². The number of nitrogens with one attached hydrogen (secondary N) is 3. The second-order valence-electron chi connectivity index (χ2n) is 7.27. The summed E-state index contributed by atoms with van der Waals surface area (Å²) < 4.78 is 0. The maximum Gasteiger partial charge on any atom is 0.250 e. The van der Waals surface area contributed by atoms with E-state index in [1.165, 1.54) is 5.56 Å². The molecule has 2 aromatic carbocycles. The maximum atomic E-state index is 4.57. The molecule has 5 rings (SSSR count). The number of aromatic amines is 1. The normalized spacial score (nSPS) is 13.6. The Hall–Kier alpha value is -3.94. The second-order valence-corrected chi connectivity index (χ2v) is 7.27. The molecule has 0 saturated carbocycles. The lowest BCUT2D eigenvalue weighted by molar-refractivity contribution is 0.599. The zero-order valence-electron chi connectivity index (χ0n) is 16.6. The van der Waals surface area contributed by atoms with Crippen LogP contribution in [0.2, 0.25) is 0 Å². The average Bonchev–Trinajstić information content (AvgIpc) is 3.12. The Morgan fingerprint density at radius 3 is 2.60 bits per heavy atom. The number of rotatable bonds is 6. The first-order chi connectivity index (χ1) is 14.7. The van der Waals surface area contributed by atoms with Crippen LogP contribution in [0.4, 0.5) is 23.5 Å². The number of aromatic nitrogens is 4. The fraction of sp³-hybridized carbons (Fsp3) is 0.182. The smallest absolute Gasteiger partial charge is 0.250 e. The minimum Gasteiger partial charge on any atom is -0.361 e. The molecule has 3 N–H and O–H groups in total. The Bertz CT molecular complexity index is 1190. The van der Waals surface area contributed by atoms with Crippen LogP contribution in [0.3, 0.4) is 0 Å². The van der Waals surface area contributed by atoms with E-state index in [-0.39, 0.29) is 0 Å². The first-order valence-corrected chi connectivity index (χ1v) is 9.94. The number of benzene rings is 2. The highest BCUT2D eigenvalue weighted by Crippen LogP contribution is 2.21. The number of anilines is 4. The molecular formula is C22H22N8. The van der Waals surface area contributed by atoms with Gasteiger partial charge >= 0.3 is 0 Å². The monoisotopic (exact) mass is 398 g/mol. The molecule has 1 aliphatic rings. The van der Waals surface area contributed by atoms with Crippen molar-refractivity contribution in [2.75, 3.05) is 28.7 Å². The van der Waals surface area contributed by atoms with E-state index in [0.29, 0.717) is 17.8 Å². The molecule has 30 heavy (non-hydrogen) atoms. The topological polar surface area (TPSA) is 94.1 Å². The van der Waals surface area contributed by atoms with E-state index in [1.807, 2.05) is 48.7 Å². The number of hydrazone groups is 1. The summed E-state index contributed by atoms with van der Waals surface area (Å²) in [5.74, 6) is 1.54. The number of para-hydroxylation sites is 1. The zero-order chi connectivity index (χ0) is 20.3. The summed E-state index contributed by atoms with van der Waals surface area (Å²) >= 11 is 0. The van der Waals surface area contributed by atoms with Crippen LogP contribution >= 0.6 is 0 Å². The molecule has 2 aromatic heterocycles. The summed E-state index contributed by atoms with van der Waals surface area (Å²) in [7, 11) is 0. The van der Waals surface area contributed by atoms with Gasteiger partial charge in [0, 0.05) is 41.4 Å². The lowest BCUT2D eigenvalue weighted by Gasteiger charge is -2.30. The van der Waals surface area contributed by atoms with Gasteiger partial charge in [-0.05, 0) is 31.5 Å². The van der Waals surface area contributed by atoms with Gasteiger partial charge in [-0.1, -0.05) is 35.9 Å². The van der Waals surface area contributed by atoms with Crippen LogP contribution in [0, 0.1) is 6.92 Å². The molecule has 8 nitrogen and oxygen atoms in total. The summed E-state index contributed by atoms with van der Waals surface area (Å²) in [5.41, 5.74) is 7.15. The molecule has 3 heterocycles. The first kappa shape index (κ1) is 18.1. The molecule has 1 saturated heterocycles. The van der Waals surface area contributed by atoms with E-state index in [2.05, 4.69) is 53.7 Å². The van der Waals surface area contributed by atoms with Gasteiger partial charge < -0.3 is 15.2 Å².